The summed E-state index contributed by atoms with van der Waals surface area (Å²) in [6.45, 7) is 7.52. The Balaban J connectivity index is 2.41. The molecule has 0 aliphatic heterocycles. The van der Waals surface area contributed by atoms with Gasteiger partial charge in [0.25, 0.3) is 0 Å². The average Bonchev–Trinajstić information content (AvgIpc) is 2.80. The van der Waals surface area contributed by atoms with Crippen LogP contribution in [0.2, 0.25) is 0 Å². The first-order valence-electron chi connectivity index (χ1n) is 6.10. The number of nitrogens with zero attached hydrogens (tertiary/aromatic N) is 3. The van der Waals surface area contributed by atoms with Crippen molar-refractivity contribution < 1.29 is 0 Å². The molecule has 0 atom stereocenters. The van der Waals surface area contributed by atoms with Crippen LogP contribution in [0, 0.1) is 0 Å². The molecule has 1 aromatic carbocycles. The van der Waals surface area contributed by atoms with Gasteiger partial charge >= 0.3 is 0 Å². The van der Waals surface area contributed by atoms with Gasteiger partial charge in [-0.15, -0.1) is 10.2 Å². The molecule has 0 N–H and O–H groups in total. The van der Waals surface area contributed by atoms with Gasteiger partial charge in [-0.05, 0) is 25.8 Å². The number of hydrogen-bond donors (Lipinski definition) is 0. The van der Waals surface area contributed by atoms with Gasteiger partial charge in [0.2, 0.25) is 0 Å². The van der Waals surface area contributed by atoms with E-state index in [-0.39, 0.29) is 5.41 Å². The predicted octanol–water partition coefficient (Wildman–Crippen LogP) is 3.01. The Morgan fingerprint density at radius 3 is 2.53 bits per heavy atom. The van der Waals surface area contributed by atoms with E-state index in [1.807, 2.05) is 12.4 Å². The molecule has 0 amide bonds. The monoisotopic (exact) mass is 229 g/mol. The summed E-state index contributed by atoms with van der Waals surface area (Å²) < 4.78 is 2.15. The average molecular weight is 229 g/mol. The SMILES string of the molecule is CCCn1cnnc1C(C)(C)c1ccccc1. The lowest BCUT2D eigenvalue weighted by atomic mass is 9.84. The minimum absolute atomic E-state index is 0.104. The molecular weight excluding hydrogens is 210 g/mol. The van der Waals surface area contributed by atoms with Crippen LogP contribution >= 0.6 is 0 Å². The highest BCUT2D eigenvalue weighted by atomic mass is 15.3. The third-order valence-electron chi connectivity index (χ3n) is 3.13. The molecule has 0 aliphatic rings. The van der Waals surface area contributed by atoms with Crippen LogP contribution in [0.15, 0.2) is 36.7 Å². The largest absolute Gasteiger partial charge is 0.317 e. The summed E-state index contributed by atoms with van der Waals surface area (Å²) in [6, 6.07) is 10.5. The summed E-state index contributed by atoms with van der Waals surface area (Å²) >= 11 is 0. The Labute approximate surface area is 103 Å². The van der Waals surface area contributed by atoms with Gasteiger partial charge in [-0.25, -0.2) is 0 Å². The van der Waals surface area contributed by atoms with E-state index in [0.717, 1.165) is 18.8 Å². The molecule has 2 rings (SSSR count). The fourth-order valence-corrected chi connectivity index (χ4v) is 2.13. The van der Waals surface area contributed by atoms with Crippen LogP contribution in [0.4, 0.5) is 0 Å². The van der Waals surface area contributed by atoms with Crippen molar-refractivity contribution in [1.82, 2.24) is 14.8 Å². The van der Waals surface area contributed by atoms with E-state index >= 15 is 0 Å². The Bertz CT molecular complexity index is 471. The Morgan fingerprint density at radius 2 is 1.88 bits per heavy atom. The van der Waals surface area contributed by atoms with Gasteiger partial charge in [0, 0.05) is 12.0 Å². The van der Waals surface area contributed by atoms with Gasteiger partial charge in [0.05, 0.1) is 0 Å². The van der Waals surface area contributed by atoms with Crippen molar-refractivity contribution >= 4 is 0 Å². The lowest BCUT2D eigenvalue weighted by Crippen LogP contribution is -2.24. The van der Waals surface area contributed by atoms with E-state index in [0.29, 0.717) is 0 Å². The minimum Gasteiger partial charge on any atom is -0.317 e. The first kappa shape index (κ1) is 11.8. The molecule has 0 saturated carbocycles. The standard InChI is InChI=1S/C14H19N3/c1-4-10-17-11-15-16-13(17)14(2,3)12-8-6-5-7-9-12/h5-9,11H,4,10H2,1-3H3. The maximum absolute atomic E-state index is 4.30. The molecule has 0 bridgehead atoms. The zero-order valence-corrected chi connectivity index (χ0v) is 10.7. The Hall–Kier alpha value is -1.64. The minimum atomic E-state index is -0.104. The van der Waals surface area contributed by atoms with Gasteiger partial charge in [0.15, 0.2) is 0 Å². The first-order chi connectivity index (χ1) is 8.16. The van der Waals surface area contributed by atoms with Crippen LogP contribution in [0.25, 0.3) is 0 Å². The molecule has 0 fully saturated rings. The van der Waals surface area contributed by atoms with Crippen molar-refractivity contribution in [3.8, 4) is 0 Å². The van der Waals surface area contributed by atoms with Gasteiger partial charge in [-0.2, -0.15) is 0 Å². The maximum atomic E-state index is 4.30. The van der Waals surface area contributed by atoms with Crippen LogP contribution in [-0.2, 0) is 12.0 Å². The van der Waals surface area contributed by atoms with E-state index in [4.69, 9.17) is 0 Å². The molecule has 0 unspecified atom stereocenters. The molecule has 0 aliphatic carbocycles. The molecule has 0 saturated heterocycles. The number of aryl methyl sites for hydroxylation is 1. The Kier molecular flexibility index (Phi) is 3.27. The van der Waals surface area contributed by atoms with Crippen molar-refractivity contribution in [2.45, 2.75) is 39.2 Å². The molecule has 0 spiro atoms. The van der Waals surface area contributed by atoms with Crippen molar-refractivity contribution in [3.05, 3.63) is 48.0 Å². The van der Waals surface area contributed by atoms with E-state index in [9.17, 15) is 0 Å². The maximum Gasteiger partial charge on any atom is 0.142 e. The molecule has 1 heterocycles. The fraction of sp³-hybridized carbons (Fsp3) is 0.429. The van der Waals surface area contributed by atoms with E-state index < -0.39 is 0 Å². The second-order valence-electron chi connectivity index (χ2n) is 4.84. The molecule has 17 heavy (non-hydrogen) atoms. The zero-order chi connectivity index (χ0) is 12.3. The summed E-state index contributed by atoms with van der Waals surface area (Å²) in [5.41, 5.74) is 1.16. The molecule has 0 radical (unpaired) electrons. The molecule has 2 aromatic rings. The van der Waals surface area contributed by atoms with Crippen molar-refractivity contribution in [1.29, 1.82) is 0 Å². The number of hydrogen-bond acceptors (Lipinski definition) is 2. The number of benzene rings is 1. The highest BCUT2D eigenvalue weighted by molar-refractivity contribution is 5.30. The van der Waals surface area contributed by atoms with E-state index in [2.05, 4.69) is 59.8 Å². The van der Waals surface area contributed by atoms with Crippen LogP contribution in [0.1, 0.15) is 38.6 Å². The summed E-state index contributed by atoms with van der Waals surface area (Å²) in [5.74, 6) is 1.03. The van der Waals surface area contributed by atoms with Gasteiger partial charge in [-0.3, -0.25) is 0 Å². The van der Waals surface area contributed by atoms with E-state index in [1.54, 1.807) is 0 Å². The quantitative estimate of drug-likeness (QED) is 0.807. The zero-order valence-electron chi connectivity index (χ0n) is 10.7. The van der Waals surface area contributed by atoms with Crippen LogP contribution in [0.5, 0.6) is 0 Å². The summed E-state index contributed by atoms with van der Waals surface area (Å²) in [4.78, 5) is 0. The Morgan fingerprint density at radius 1 is 1.18 bits per heavy atom. The van der Waals surface area contributed by atoms with Gasteiger partial charge in [-0.1, -0.05) is 37.3 Å². The second kappa shape index (κ2) is 4.70. The number of rotatable bonds is 4. The number of aromatic nitrogens is 3. The highest BCUT2D eigenvalue weighted by Gasteiger charge is 2.28. The van der Waals surface area contributed by atoms with Crippen LogP contribution in [0.3, 0.4) is 0 Å². The van der Waals surface area contributed by atoms with Crippen molar-refractivity contribution in [2.75, 3.05) is 0 Å². The summed E-state index contributed by atoms with van der Waals surface area (Å²) in [5, 5.41) is 8.34. The normalized spacial score (nSPS) is 11.7. The molecule has 90 valence electrons. The van der Waals surface area contributed by atoms with Crippen molar-refractivity contribution in [2.24, 2.45) is 0 Å². The fourth-order valence-electron chi connectivity index (χ4n) is 2.13. The van der Waals surface area contributed by atoms with Gasteiger partial charge in [0.1, 0.15) is 12.2 Å². The first-order valence-corrected chi connectivity index (χ1v) is 6.10. The second-order valence-corrected chi connectivity index (χ2v) is 4.84. The highest BCUT2D eigenvalue weighted by Crippen LogP contribution is 2.29. The summed E-state index contributed by atoms with van der Waals surface area (Å²) in [7, 11) is 0. The van der Waals surface area contributed by atoms with Gasteiger partial charge < -0.3 is 4.57 Å². The lowest BCUT2D eigenvalue weighted by Gasteiger charge is -2.24. The third-order valence-corrected chi connectivity index (χ3v) is 3.13. The molecular formula is C14H19N3. The summed E-state index contributed by atoms with van der Waals surface area (Å²) in [6.07, 6.45) is 2.92. The third kappa shape index (κ3) is 2.23. The molecule has 3 heteroatoms. The predicted molar refractivity (Wildman–Crippen MR) is 68.9 cm³/mol. The van der Waals surface area contributed by atoms with Crippen molar-refractivity contribution in [3.63, 3.8) is 0 Å². The molecule has 3 nitrogen and oxygen atoms in total. The van der Waals surface area contributed by atoms with E-state index in [1.165, 1.54) is 5.56 Å². The van der Waals surface area contributed by atoms with Crippen LogP contribution in [-0.4, -0.2) is 14.8 Å². The topological polar surface area (TPSA) is 30.7 Å². The lowest BCUT2D eigenvalue weighted by molar-refractivity contribution is 0.525. The van der Waals surface area contributed by atoms with Crippen LogP contribution < -0.4 is 0 Å². The smallest absolute Gasteiger partial charge is 0.142 e. The molecule has 1 aromatic heterocycles.